The summed E-state index contributed by atoms with van der Waals surface area (Å²) in [4.78, 5) is 14.8. The maximum absolute atomic E-state index is 12.9. The van der Waals surface area contributed by atoms with Gasteiger partial charge in [0, 0.05) is 18.7 Å². The fraction of sp³-hybridized carbons (Fsp3) is 0.588. The average Bonchev–Trinajstić information content (AvgIpc) is 3.18. The topological polar surface area (TPSA) is 80.5 Å². The van der Waals surface area contributed by atoms with Crippen molar-refractivity contribution < 1.29 is 13.2 Å². The minimum Gasteiger partial charge on any atom is -0.338 e. The monoisotopic (exact) mass is 334 g/mol. The first-order chi connectivity index (χ1) is 10.8. The third-order valence-corrected chi connectivity index (χ3v) is 7.10. The Morgan fingerprint density at radius 2 is 1.78 bits per heavy atom. The number of primary sulfonamides is 1. The lowest BCUT2D eigenvalue weighted by molar-refractivity contribution is 0.0775. The van der Waals surface area contributed by atoms with Gasteiger partial charge in [-0.25, -0.2) is 13.6 Å². The zero-order chi connectivity index (χ0) is 16.4. The van der Waals surface area contributed by atoms with Crippen molar-refractivity contribution >= 4 is 15.9 Å². The van der Waals surface area contributed by atoms with Crippen molar-refractivity contribution in [3.8, 4) is 0 Å². The Hall–Kier alpha value is -1.40. The molecule has 1 aromatic carbocycles. The highest BCUT2D eigenvalue weighted by atomic mass is 32.2. The van der Waals surface area contributed by atoms with E-state index in [1.54, 1.807) is 6.07 Å². The number of carbonyl (C=O) groups is 1. The van der Waals surface area contributed by atoms with E-state index in [1.807, 2.05) is 11.8 Å². The van der Waals surface area contributed by atoms with Crippen LogP contribution in [0.3, 0.4) is 0 Å². The number of hydrogen-bond donors (Lipinski definition) is 1. The van der Waals surface area contributed by atoms with Crippen LogP contribution in [0, 0.1) is 30.6 Å². The minimum atomic E-state index is -3.79. The molecular weight excluding hydrogens is 312 g/mol. The molecule has 1 aromatic rings. The summed E-state index contributed by atoms with van der Waals surface area (Å²) in [6.07, 6.45) is 3.97. The van der Waals surface area contributed by atoms with Gasteiger partial charge in [0.25, 0.3) is 5.91 Å². The number of nitrogens with two attached hydrogens (primary N) is 1. The van der Waals surface area contributed by atoms with E-state index in [2.05, 4.69) is 0 Å². The molecule has 124 valence electrons. The number of rotatable bonds is 2. The predicted molar refractivity (Wildman–Crippen MR) is 86.3 cm³/mol. The van der Waals surface area contributed by atoms with Crippen molar-refractivity contribution in [2.45, 2.75) is 31.1 Å². The molecule has 2 N–H and O–H groups in total. The third-order valence-electron chi connectivity index (χ3n) is 6.19. The standard InChI is InChI=1S/C17H22N2O3S/c1-10-2-5-13(23(18,21)22)7-14(10)17(20)19-8-15-11-3-4-12(6-11)16(15)9-19/h2,5,7,11-12,15-16H,3-4,6,8-9H2,1H3,(H2,18,21,22)/t11-,12+,15-,16+. The molecule has 3 aliphatic rings. The highest BCUT2D eigenvalue weighted by Crippen LogP contribution is 2.55. The summed E-state index contributed by atoms with van der Waals surface area (Å²) in [6, 6.07) is 4.55. The Labute approximate surface area is 136 Å². The van der Waals surface area contributed by atoms with E-state index in [-0.39, 0.29) is 10.8 Å². The van der Waals surface area contributed by atoms with Gasteiger partial charge in [-0.1, -0.05) is 6.07 Å². The lowest BCUT2D eigenvalue weighted by atomic mass is 9.82. The van der Waals surface area contributed by atoms with Gasteiger partial charge in [0.15, 0.2) is 0 Å². The van der Waals surface area contributed by atoms with Crippen molar-refractivity contribution in [2.75, 3.05) is 13.1 Å². The molecule has 1 aliphatic heterocycles. The van der Waals surface area contributed by atoms with Crippen LogP contribution < -0.4 is 5.14 Å². The van der Waals surface area contributed by atoms with Gasteiger partial charge in [-0.2, -0.15) is 0 Å². The first-order valence-electron chi connectivity index (χ1n) is 8.27. The van der Waals surface area contributed by atoms with E-state index in [0.717, 1.165) is 30.5 Å². The van der Waals surface area contributed by atoms with Crippen molar-refractivity contribution in [3.05, 3.63) is 29.3 Å². The van der Waals surface area contributed by atoms with E-state index in [9.17, 15) is 13.2 Å². The average molecular weight is 334 g/mol. The van der Waals surface area contributed by atoms with Crippen LogP contribution in [0.25, 0.3) is 0 Å². The summed E-state index contributed by atoms with van der Waals surface area (Å²) >= 11 is 0. The number of benzene rings is 1. The number of fused-ring (bicyclic) bond motifs is 5. The lowest BCUT2D eigenvalue weighted by Gasteiger charge is -2.22. The van der Waals surface area contributed by atoms with Gasteiger partial charge in [0.05, 0.1) is 4.90 Å². The Morgan fingerprint density at radius 3 is 2.35 bits per heavy atom. The van der Waals surface area contributed by atoms with Crippen molar-refractivity contribution in [3.63, 3.8) is 0 Å². The Morgan fingerprint density at radius 1 is 1.17 bits per heavy atom. The molecule has 3 fully saturated rings. The summed E-state index contributed by atoms with van der Waals surface area (Å²) in [5.41, 5.74) is 1.26. The van der Waals surface area contributed by atoms with Gasteiger partial charge in [-0.15, -0.1) is 0 Å². The highest BCUT2D eigenvalue weighted by Gasteiger charge is 2.52. The Bertz CT molecular complexity index is 756. The number of amides is 1. The third kappa shape index (κ3) is 2.39. The lowest BCUT2D eigenvalue weighted by Crippen LogP contribution is -2.31. The molecule has 1 amide bonds. The van der Waals surface area contributed by atoms with Crippen LogP contribution in [0.1, 0.15) is 35.2 Å². The second-order valence-corrected chi connectivity index (χ2v) is 8.95. The summed E-state index contributed by atoms with van der Waals surface area (Å²) in [7, 11) is -3.79. The maximum Gasteiger partial charge on any atom is 0.254 e. The molecule has 5 nitrogen and oxygen atoms in total. The van der Waals surface area contributed by atoms with E-state index < -0.39 is 10.0 Å². The normalized spacial score (nSPS) is 32.3. The second kappa shape index (κ2) is 5.05. The number of sulfonamides is 1. The molecule has 4 rings (SSSR count). The number of carbonyl (C=O) groups excluding carboxylic acids is 1. The van der Waals surface area contributed by atoms with E-state index in [4.69, 9.17) is 5.14 Å². The molecular formula is C17H22N2O3S. The minimum absolute atomic E-state index is 0.00547. The van der Waals surface area contributed by atoms with Crippen molar-refractivity contribution in [2.24, 2.45) is 28.8 Å². The summed E-state index contributed by atoms with van der Waals surface area (Å²) in [5, 5.41) is 5.20. The smallest absolute Gasteiger partial charge is 0.254 e. The van der Waals surface area contributed by atoms with Crippen LogP contribution in [0.4, 0.5) is 0 Å². The molecule has 2 aliphatic carbocycles. The molecule has 2 bridgehead atoms. The van der Waals surface area contributed by atoms with Gasteiger partial charge in [0.2, 0.25) is 10.0 Å². The number of aryl methyl sites for hydroxylation is 1. The van der Waals surface area contributed by atoms with Crippen LogP contribution in [0.2, 0.25) is 0 Å². The highest BCUT2D eigenvalue weighted by molar-refractivity contribution is 7.89. The molecule has 0 spiro atoms. The van der Waals surface area contributed by atoms with Crippen LogP contribution in [0.5, 0.6) is 0 Å². The Balaban J connectivity index is 1.61. The quantitative estimate of drug-likeness (QED) is 0.895. The van der Waals surface area contributed by atoms with Crippen LogP contribution in [-0.4, -0.2) is 32.3 Å². The summed E-state index contributed by atoms with van der Waals surface area (Å²) < 4.78 is 23.1. The number of nitrogens with zero attached hydrogens (tertiary/aromatic N) is 1. The molecule has 1 heterocycles. The molecule has 0 aromatic heterocycles. The zero-order valence-electron chi connectivity index (χ0n) is 13.2. The SMILES string of the molecule is Cc1ccc(S(N)(=O)=O)cc1C(=O)N1C[C@@H]2[C@@H]3CC[C@@H](C3)[C@@H]2C1. The van der Waals surface area contributed by atoms with Gasteiger partial charge in [-0.05, 0) is 67.6 Å². The van der Waals surface area contributed by atoms with Crippen LogP contribution >= 0.6 is 0 Å². The molecule has 6 heteroatoms. The molecule has 0 radical (unpaired) electrons. The van der Waals surface area contributed by atoms with Gasteiger partial charge >= 0.3 is 0 Å². The molecule has 2 saturated carbocycles. The maximum atomic E-state index is 12.9. The zero-order valence-corrected chi connectivity index (χ0v) is 14.1. The largest absolute Gasteiger partial charge is 0.338 e. The number of likely N-dealkylation sites (tertiary alicyclic amines) is 1. The molecule has 4 atom stereocenters. The molecule has 1 saturated heterocycles. The predicted octanol–water partition coefficient (Wildman–Crippen LogP) is 1.76. The summed E-state index contributed by atoms with van der Waals surface area (Å²) in [6.45, 7) is 3.48. The van der Waals surface area contributed by atoms with E-state index in [0.29, 0.717) is 17.4 Å². The Kier molecular flexibility index (Phi) is 3.32. The van der Waals surface area contributed by atoms with Gasteiger partial charge in [-0.3, -0.25) is 4.79 Å². The summed E-state index contributed by atoms with van der Waals surface area (Å²) in [5.74, 6) is 2.83. The fourth-order valence-electron chi connectivity index (χ4n) is 5.03. The first kappa shape index (κ1) is 15.1. The van der Waals surface area contributed by atoms with Crippen LogP contribution in [-0.2, 0) is 10.0 Å². The van der Waals surface area contributed by atoms with E-state index >= 15 is 0 Å². The van der Waals surface area contributed by atoms with Gasteiger partial charge in [0.1, 0.15) is 0 Å². The van der Waals surface area contributed by atoms with Crippen molar-refractivity contribution in [1.82, 2.24) is 4.90 Å². The number of hydrogen-bond acceptors (Lipinski definition) is 3. The molecule has 23 heavy (non-hydrogen) atoms. The fourth-order valence-corrected chi connectivity index (χ4v) is 5.57. The second-order valence-electron chi connectivity index (χ2n) is 7.39. The molecule has 0 unspecified atom stereocenters. The first-order valence-corrected chi connectivity index (χ1v) is 9.82. The van der Waals surface area contributed by atoms with Crippen LogP contribution in [0.15, 0.2) is 23.1 Å². The van der Waals surface area contributed by atoms with Gasteiger partial charge < -0.3 is 4.90 Å². The van der Waals surface area contributed by atoms with E-state index in [1.165, 1.54) is 31.4 Å². The van der Waals surface area contributed by atoms with Crippen molar-refractivity contribution in [1.29, 1.82) is 0 Å².